The van der Waals surface area contributed by atoms with Gasteiger partial charge in [-0.15, -0.1) is 0 Å². The van der Waals surface area contributed by atoms with Crippen LogP contribution in [-0.2, 0) is 9.53 Å². The molecule has 1 saturated heterocycles. The van der Waals surface area contributed by atoms with E-state index in [1.54, 1.807) is 24.3 Å². The predicted octanol–water partition coefficient (Wildman–Crippen LogP) is 2.43. The van der Waals surface area contributed by atoms with Crippen LogP contribution < -0.4 is 4.74 Å². The van der Waals surface area contributed by atoms with Crippen molar-refractivity contribution in [2.24, 2.45) is 5.92 Å². The monoisotopic (exact) mass is 335 g/mol. The van der Waals surface area contributed by atoms with Gasteiger partial charge in [-0.25, -0.2) is 4.79 Å². The summed E-state index contributed by atoms with van der Waals surface area (Å²) in [7, 11) is 1.53. The Morgan fingerprint density at radius 3 is 2.50 bits per heavy atom. The lowest BCUT2D eigenvalue weighted by atomic mass is 10.1. The van der Waals surface area contributed by atoms with Crippen molar-refractivity contribution in [2.75, 3.05) is 20.3 Å². The molecule has 1 aromatic carbocycles. The number of rotatable bonds is 7. The van der Waals surface area contributed by atoms with Crippen molar-refractivity contribution in [2.45, 2.75) is 38.8 Å². The van der Waals surface area contributed by atoms with Gasteiger partial charge in [0, 0.05) is 25.6 Å². The normalized spacial score (nSPS) is 20.4. The Labute approximate surface area is 142 Å². The van der Waals surface area contributed by atoms with Crippen molar-refractivity contribution < 1.29 is 24.2 Å². The summed E-state index contributed by atoms with van der Waals surface area (Å²) >= 11 is 0. The number of carbonyl (C=O) groups is 2. The Kier molecular flexibility index (Phi) is 6.20. The summed E-state index contributed by atoms with van der Waals surface area (Å²) in [6.45, 7) is 5.19. The summed E-state index contributed by atoms with van der Waals surface area (Å²) in [5.41, 5.74) is 0.453. The quantitative estimate of drug-likeness (QED) is 0.828. The molecule has 0 spiro atoms. The van der Waals surface area contributed by atoms with Gasteiger partial charge in [0.25, 0.3) is 5.91 Å². The van der Waals surface area contributed by atoms with Crippen molar-refractivity contribution in [3.8, 4) is 5.75 Å². The molecule has 0 saturated carbocycles. The molecule has 1 aromatic rings. The molecule has 6 heteroatoms. The summed E-state index contributed by atoms with van der Waals surface area (Å²) in [4.78, 5) is 25.3. The molecule has 0 radical (unpaired) electrons. The van der Waals surface area contributed by atoms with Gasteiger partial charge in [0.1, 0.15) is 11.8 Å². The highest BCUT2D eigenvalue weighted by molar-refractivity contribution is 5.97. The molecule has 2 unspecified atom stereocenters. The van der Waals surface area contributed by atoms with E-state index in [1.807, 2.05) is 0 Å². The first-order chi connectivity index (χ1) is 11.4. The van der Waals surface area contributed by atoms with Crippen LogP contribution in [0.5, 0.6) is 5.75 Å². The van der Waals surface area contributed by atoms with Crippen LogP contribution >= 0.6 is 0 Å². The minimum absolute atomic E-state index is 0.242. The van der Waals surface area contributed by atoms with Gasteiger partial charge in [0.05, 0.1) is 12.7 Å². The number of amides is 1. The molecule has 1 amide bonds. The van der Waals surface area contributed by atoms with Gasteiger partial charge in [0.2, 0.25) is 0 Å². The standard InChI is InChI=1S/C18H25NO5/c1-12(2)8-9-24-14-6-4-13(5-7-14)17(20)19-11-15(23-3)10-16(19)18(21)22/h4-7,12,15-16H,8-11H2,1-3H3,(H,21,22). The number of aliphatic carboxylic acids is 1. The molecule has 0 bridgehead atoms. The predicted molar refractivity (Wildman–Crippen MR) is 89.3 cm³/mol. The van der Waals surface area contributed by atoms with Gasteiger partial charge in [-0.3, -0.25) is 4.79 Å². The van der Waals surface area contributed by atoms with Crippen molar-refractivity contribution in [1.82, 2.24) is 4.90 Å². The second-order valence-corrected chi connectivity index (χ2v) is 6.46. The highest BCUT2D eigenvalue weighted by Crippen LogP contribution is 2.23. The van der Waals surface area contributed by atoms with Crippen molar-refractivity contribution in [3.63, 3.8) is 0 Å². The molecule has 1 N–H and O–H groups in total. The van der Waals surface area contributed by atoms with Crippen LogP contribution in [0, 0.1) is 5.92 Å². The molecule has 24 heavy (non-hydrogen) atoms. The van der Waals surface area contributed by atoms with Crippen LogP contribution in [0.15, 0.2) is 24.3 Å². The molecule has 0 aromatic heterocycles. The largest absolute Gasteiger partial charge is 0.494 e. The van der Waals surface area contributed by atoms with Gasteiger partial charge in [0.15, 0.2) is 0 Å². The lowest BCUT2D eigenvalue weighted by molar-refractivity contribution is -0.141. The molecule has 1 aliphatic rings. The van der Waals surface area contributed by atoms with Crippen molar-refractivity contribution in [3.05, 3.63) is 29.8 Å². The molecule has 132 valence electrons. The molecule has 1 aliphatic heterocycles. The number of carboxylic acids is 1. The smallest absolute Gasteiger partial charge is 0.326 e. The van der Waals surface area contributed by atoms with Gasteiger partial charge in [-0.2, -0.15) is 0 Å². The lowest BCUT2D eigenvalue weighted by Gasteiger charge is -2.21. The zero-order valence-corrected chi connectivity index (χ0v) is 14.4. The summed E-state index contributed by atoms with van der Waals surface area (Å²) < 4.78 is 10.8. The van der Waals surface area contributed by atoms with Crippen LogP contribution in [0.1, 0.15) is 37.0 Å². The maximum atomic E-state index is 12.6. The van der Waals surface area contributed by atoms with Gasteiger partial charge < -0.3 is 19.5 Å². The van der Waals surface area contributed by atoms with E-state index in [0.29, 0.717) is 36.8 Å². The Bertz CT molecular complexity index is 569. The van der Waals surface area contributed by atoms with E-state index in [2.05, 4.69) is 13.8 Å². The number of methoxy groups -OCH3 is 1. The average Bonchev–Trinajstić information content (AvgIpc) is 2.99. The first-order valence-corrected chi connectivity index (χ1v) is 8.21. The van der Waals surface area contributed by atoms with E-state index >= 15 is 0 Å². The average molecular weight is 335 g/mol. The third kappa shape index (κ3) is 4.47. The van der Waals surface area contributed by atoms with Gasteiger partial charge in [-0.05, 0) is 36.6 Å². The fraction of sp³-hybridized carbons (Fsp3) is 0.556. The zero-order chi connectivity index (χ0) is 17.7. The number of carbonyl (C=O) groups excluding carboxylic acids is 1. The Balaban J connectivity index is 2.02. The van der Waals surface area contributed by atoms with E-state index in [4.69, 9.17) is 9.47 Å². The van der Waals surface area contributed by atoms with Crippen LogP contribution in [0.2, 0.25) is 0 Å². The molecule has 1 heterocycles. The lowest BCUT2D eigenvalue weighted by Crippen LogP contribution is -2.40. The third-order valence-corrected chi connectivity index (χ3v) is 4.21. The summed E-state index contributed by atoms with van der Waals surface area (Å²) in [5.74, 6) is -0.0203. The third-order valence-electron chi connectivity index (χ3n) is 4.21. The molecule has 2 atom stereocenters. The number of hydrogen-bond donors (Lipinski definition) is 1. The van der Waals surface area contributed by atoms with E-state index in [1.165, 1.54) is 12.0 Å². The zero-order valence-electron chi connectivity index (χ0n) is 14.4. The second kappa shape index (κ2) is 8.15. The highest BCUT2D eigenvalue weighted by atomic mass is 16.5. The maximum Gasteiger partial charge on any atom is 0.326 e. The SMILES string of the molecule is COC1CC(C(=O)O)N(C(=O)c2ccc(OCCC(C)C)cc2)C1. The fourth-order valence-electron chi connectivity index (χ4n) is 2.70. The summed E-state index contributed by atoms with van der Waals surface area (Å²) in [6.07, 6.45) is 1.04. The number of carboxylic acid groups (broad SMARTS) is 1. The van der Waals surface area contributed by atoms with Crippen LogP contribution in [0.4, 0.5) is 0 Å². The molecule has 1 fully saturated rings. The Morgan fingerprint density at radius 1 is 1.29 bits per heavy atom. The molecule has 2 rings (SSSR count). The maximum absolute atomic E-state index is 12.6. The minimum atomic E-state index is -1.00. The number of ether oxygens (including phenoxy) is 2. The van der Waals surface area contributed by atoms with Gasteiger partial charge >= 0.3 is 5.97 Å². The van der Waals surface area contributed by atoms with E-state index in [0.717, 1.165) is 6.42 Å². The number of nitrogens with zero attached hydrogens (tertiary/aromatic N) is 1. The van der Waals surface area contributed by atoms with E-state index < -0.39 is 12.0 Å². The fourth-order valence-corrected chi connectivity index (χ4v) is 2.70. The first kappa shape index (κ1) is 18.3. The first-order valence-electron chi connectivity index (χ1n) is 8.21. The summed E-state index contributed by atoms with van der Waals surface area (Å²) in [6, 6.07) is 5.99. The second-order valence-electron chi connectivity index (χ2n) is 6.46. The highest BCUT2D eigenvalue weighted by Gasteiger charge is 2.40. The molecular formula is C18H25NO5. The van der Waals surface area contributed by atoms with Crippen LogP contribution in [0.25, 0.3) is 0 Å². The van der Waals surface area contributed by atoms with E-state index in [9.17, 15) is 14.7 Å². The molecular weight excluding hydrogens is 310 g/mol. The van der Waals surface area contributed by atoms with Crippen molar-refractivity contribution >= 4 is 11.9 Å². The topological polar surface area (TPSA) is 76.1 Å². The van der Waals surface area contributed by atoms with Crippen LogP contribution in [-0.4, -0.2) is 54.3 Å². The van der Waals surface area contributed by atoms with Crippen molar-refractivity contribution in [1.29, 1.82) is 0 Å². The Morgan fingerprint density at radius 2 is 1.96 bits per heavy atom. The van der Waals surface area contributed by atoms with E-state index in [-0.39, 0.29) is 12.0 Å². The number of hydrogen-bond acceptors (Lipinski definition) is 4. The molecule has 6 nitrogen and oxygen atoms in total. The minimum Gasteiger partial charge on any atom is -0.494 e. The van der Waals surface area contributed by atoms with Crippen LogP contribution in [0.3, 0.4) is 0 Å². The number of likely N-dealkylation sites (tertiary alicyclic amines) is 1. The number of benzene rings is 1. The molecule has 0 aliphatic carbocycles. The Hall–Kier alpha value is -2.08. The summed E-state index contributed by atoms with van der Waals surface area (Å²) in [5, 5.41) is 9.31. The van der Waals surface area contributed by atoms with Gasteiger partial charge in [-0.1, -0.05) is 13.8 Å².